The molecular weight excluding hydrogens is 300 g/mol. The number of hydrogen-bond acceptors (Lipinski definition) is 0. The number of rotatable bonds is 4. The predicted octanol–water partition coefficient (Wildman–Crippen LogP) is 8.51. The first-order valence-electron chi connectivity index (χ1n) is 9.48. The van der Waals surface area contributed by atoms with E-state index in [0.29, 0.717) is 5.92 Å². The second-order valence-electron chi connectivity index (χ2n) is 5.90. The van der Waals surface area contributed by atoms with E-state index in [1.54, 1.807) is 6.08 Å². The fourth-order valence-electron chi connectivity index (χ4n) is 2.37. The Morgan fingerprint density at radius 3 is 2.04 bits per heavy atom. The minimum Gasteiger partial charge on any atom is -0.103 e. The maximum absolute atomic E-state index is 3.36. The molecule has 0 bridgehead atoms. The Morgan fingerprint density at radius 2 is 1.52 bits per heavy atom. The van der Waals surface area contributed by atoms with Crippen LogP contribution in [0.4, 0.5) is 0 Å². The van der Waals surface area contributed by atoms with Gasteiger partial charge in [0.15, 0.2) is 0 Å². The van der Waals surface area contributed by atoms with Crippen LogP contribution in [0.2, 0.25) is 0 Å². The predicted molar refractivity (Wildman–Crippen MR) is 117 cm³/mol. The lowest BCUT2D eigenvalue weighted by atomic mass is 9.93. The van der Waals surface area contributed by atoms with Gasteiger partial charge in [-0.25, -0.2) is 0 Å². The van der Waals surface area contributed by atoms with Crippen molar-refractivity contribution in [2.24, 2.45) is 0 Å². The topological polar surface area (TPSA) is 0 Å². The summed E-state index contributed by atoms with van der Waals surface area (Å²) in [6.07, 6.45) is 5.09. The molecule has 0 aromatic heterocycles. The number of allylic oxidation sites excluding steroid dienone is 3. The standard InChI is InChI=1S/C20H24.C3H6.C2H6/c1-5-15(3)17-9-7-11-19(13-17)20-12-8-10-18(14-20)16(4)6-2;1-3-2;1-2/h5,7-14,16H,6H2,1-4H3;3H,1H2,2H3;1-2H3/b15-5+;;. The van der Waals surface area contributed by atoms with Crippen molar-refractivity contribution in [3.63, 3.8) is 0 Å². The van der Waals surface area contributed by atoms with Crippen LogP contribution >= 0.6 is 0 Å². The third-order valence-electron chi connectivity index (χ3n) is 4.15. The summed E-state index contributed by atoms with van der Waals surface area (Å²) in [7, 11) is 0. The highest BCUT2D eigenvalue weighted by Gasteiger charge is 2.05. The Kier molecular flexibility index (Phi) is 12.1. The van der Waals surface area contributed by atoms with Crippen molar-refractivity contribution in [1.29, 1.82) is 0 Å². The molecule has 2 aromatic carbocycles. The Labute approximate surface area is 156 Å². The highest BCUT2D eigenvalue weighted by Crippen LogP contribution is 2.27. The van der Waals surface area contributed by atoms with Gasteiger partial charge in [-0.1, -0.05) is 82.3 Å². The molecule has 0 aliphatic carbocycles. The highest BCUT2D eigenvalue weighted by atomic mass is 14.1. The zero-order valence-electron chi connectivity index (χ0n) is 17.3. The highest BCUT2D eigenvalue weighted by molar-refractivity contribution is 5.72. The van der Waals surface area contributed by atoms with E-state index in [1.165, 1.54) is 34.2 Å². The largest absolute Gasteiger partial charge is 0.103 e. The van der Waals surface area contributed by atoms with Crippen molar-refractivity contribution in [2.45, 2.75) is 60.8 Å². The van der Waals surface area contributed by atoms with E-state index in [2.05, 4.69) is 88.9 Å². The molecule has 0 radical (unpaired) electrons. The molecule has 0 spiro atoms. The quantitative estimate of drug-likeness (QED) is 0.491. The average Bonchev–Trinajstić information content (AvgIpc) is 2.69. The van der Waals surface area contributed by atoms with Crippen molar-refractivity contribution in [1.82, 2.24) is 0 Å². The third kappa shape index (κ3) is 7.56. The molecule has 0 fully saturated rings. The Morgan fingerprint density at radius 1 is 1.00 bits per heavy atom. The first kappa shape index (κ1) is 22.9. The molecule has 1 unspecified atom stereocenters. The lowest BCUT2D eigenvalue weighted by Gasteiger charge is -2.12. The van der Waals surface area contributed by atoms with Gasteiger partial charge >= 0.3 is 0 Å². The SMILES string of the molecule is C/C=C(\C)c1cccc(-c2cccc(C(C)CC)c2)c1.C=CC.CC. The summed E-state index contributed by atoms with van der Waals surface area (Å²) in [4.78, 5) is 0. The van der Waals surface area contributed by atoms with Crippen LogP contribution in [0.5, 0.6) is 0 Å². The van der Waals surface area contributed by atoms with E-state index in [9.17, 15) is 0 Å². The summed E-state index contributed by atoms with van der Waals surface area (Å²) in [6.45, 7) is 18.0. The third-order valence-corrected chi connectivity index (χ3v) is 4.15. The van der Waals surface area contributed by atoms with Crippen molar-refractivity contribution in [3.05, 3.63) is 78.4 Å². The lowest BCUT2D eigenvalue weighted by molar-refractivity contribution is 0.734. The van der Waals surface area contributed by atoms with Gasteiger partial charge in [0.05, 0.1) is 0 Å². The molecule has 0 amide bonds. The van der Waals surface area contributed by atoms with Crippen molar-refractivity contribution in [3.8, 4) is 11.1 Å². The molecule has 25 heavy (non-hydrogen) atoms. The molecular formula is C25H36. The van der Waals surface area contributed by atoms with Gasteiger partial charge < -0.3 is 0 Å². The van der Waals surface area contributed by atoms with Crippen LogP contribution in [0.1, 0.15) is 71.9 Å². The van der Waals surface area contributed by atoms with Gasteiger partial charge in [0.25, 0.3) is 0 Å². The van der Waals surface area contributed by atoms with Crippen LogP contribution in [0.15, 0.2) is 67.3 Å². The van der Waals surface area contributed by atoms with Gasteiger partial charge in [0.1, 0.15) is 0 Å². The summed E-state index contributed by atoms with van der Waals surface area (Å²) >= 11 is 0. The van der Waals surface area contributed by atoms with Crippen LogP contribution in [0.25, 0.3) is 16.7 Å². The zero-order chi connectivity index (χ0) is 19.2. The smallest absolute Gasteiger partial charge is 0.0178 e. The molecule has 0 saturated carbocycles. The second kappa shape index (κ2) is 13.2. The van der Waals surface area contributed by atoms with E-state index < -0.39 is 0 Å². The molecule has 0 saturated heterocycles. The first-order valence-corrected chi connectivity index (χ1v) is 9.48. The Hall–Kier alpha value is -2.08. The minimum atomic E-state index is 0.621. The van der Waals surface area contributed by atoms with Crippen LogP contribution < -0.4 is 0 Å². The monoisotopic (exact) mass is 336 g/mol. The van der Waals surface area contributed by atoms with Crippen molar-refractivity contribution < 1.29 is 0 Å². The summed E-state index contributed by atoms with van der Waals surface area (Å²) in [5.41, 5.74) is 6.67. The molecule has 2 rings (SSSR count). The average molecular weight is 337 g/mol. The molecule has 0 aliphatic rings. The fourth-order valence-corrected chi connectivity index (χ4v) is 2.37. The lowest BCUT2D eigenvalue weighted by Crippen LogP contribution is -1.91. The summed E-state index contributed by atoms with van der Waals surface area (Å²) in [5.74, 6) is 0.621. The van der Waals surface area contributed by atoms with E-state index in [4.69, 9.17) is 0 Å². The maximum atomic E-state index is 3.36. The molecule has 0 N–H and O–H groups in total. The van der Waals surface area contributed by atoms with Gasteiger partial charge in [-0.2, -0.15) is 0 Å². The van der Waals surface area contributed by atoms with E-state index >= 15 is 0 Å². The van der Waals surface area contributed by atoms with E-state index in [0.717, 1.165) is 0 Å². The van der Waals surface area contributed by atoms with Gasteiger partial charge in [0.2, 0.25) is 0 Å². The molecule has 1 atom stereocenters. The van der Waals surface area contributed by atoms with Gasteiger partial charge in [-0.05, 0) is 67.0 Å². The van der Waals surface area contributed by atoms with E-state index in [1.807, 2.05) is 20.8 Å². The fraction of sp³-hybridized carbons (Fsp3) is 0.360. The minimum absolute atomic E-state index is 0.621. The van der Waals surface area contributed by atoms with Gasteiger partial charge in [0, 0.05) is 0 Å². The second-order valence-corrected chi connectivity index (χ2v) is 5.90. The maximum Gasteiger partial charge on any atom is -0.0178 e. The molecule has 2 aromatic rings. The van der Waals surface area contributed by atoms with Crippen LogP contribution in [-0.2, 0) is 0 Å². The Bertz CT molecular complexity index is 647. The molecule has 0 heteroatoms. The molecule has 136 valence electrons. The summed E-state index contributed by atoms with van der Waals surface area (Å²) in [5, 5.41) is 0. The number of hydrogen-bond donors (Lipinski definition) is 0. The van der Waals surface area contributed by atoms with Crippen LogP contribution in [-0.4, -0.2) is 0 Å². The Balaban J connectivity index is 0.00000104. The molecule has 0 heterocycles. The normalized spacial score (nSPS) is 11.4. The van der Waals surface area contributed by atoms with Gasteiger partial charge in [-0.3, -0.25) is 0 Å². The van der Waals surface area contributed by atoms with Crippen LogP contribution in [0, 0.1) is 0 Å². The van der Waals surface area contributed by atoms with Crippen LogP contribution in [0.3, 0.4) is 0 Å². The first-order chi connectivity index (χ1) is 12.1. The zero-order valence-corrected chi connectivity index (χ0v) is 17.3. The van der Waals surface area contributed by atoms with Crippen molar-refractivity contribution in [2.75, 3.05) is 0 Å². The van der Waals surface area contributed by atoms with Crippen molar-refractivity contribution >= 4 is 5.57 Å². The summed E-state index contributed by atoms with van der Waals surface area (Å²) < 4.78 is 0. The number of benzene rings is 2. The summed E-state index contributed by atoms with van der Waals surface area (Å²) in [6, 6.07) is 17.7. The van der Waals surface area contributed by atoms with E-state index in [-0.39, 0.29) is 0 Å². The molecule has 0 aliphatic heterocycles. The van der Waals surface area contributed by atoms with Gasteiger partial charge in [-0.15, -0.1) is 6.58 Å². The molecule has 0 nitrogen and oxygen atoms in total.